The fourth-order valence-electron chi connectivity index (χ4n) is 3.33. The molecule has 1 N–H and O–H groups in total. The van der Waals surface area contributed by atoms with Gasteiger partial charge in [0, 0.05) is 31.6 Å². The van der Waals surface area contributed by atoms with Crippen molar-refractivity contribution in [3.63, 3.8) is 0 Å². The van der Waals surface area contributed by atoms with Crippen LogP contribution in [0.4, 0.5) is 0 Å². The maximum atomic E-state index is 12.4. The molecule has 3 aliphatic rings. The van der Waals surface area contributed by atoms with Gasteiger partial charge in [0.1, 0.15) is 0 Å². The molecule has 2 unspecified atom stereocenters. The standard InChI is InChI=1S/C13H22N2O2/c16-13(11-7-14-8-11)15-5-6-17-9-10-3-1-2-4-12(10)15/h10-12,14H,1-9H2. The van der Waals surface area contributed by atoms with Gasteiger partial charge in [0.05, 0.1) is 19.1 Å². The fourth-order valence-corrected chi connectivity index (χ4v) is 3.33. The summed E-state index contributed by atoms with van der Waals surface area (Å²) in [5.74, 6) is 1.19. The lowest BCUT2D eigenvalue weighted by atomic mass is 9.83. The van der Waals surface area contributed by atoms with Gasteiger partial charge in [0.25, 0.3) is 0 Å². The van der Waals surface area contributed by atoms with Crippen molar-refractivity contribution in [2.24, 2.45) is 11.8 Å². The van der Waals surface area contributed by atoms with Crippen LogP contribution >= 0.6 is 0 Å². The third-order valence-electron chi connectivity index (χ3n) is 4.49. The summed E-state index contributed by atoms with van der Waals surface area (Å²) >= 11 is 0. The molecule has 0 bridgehead atoms. The predicted molar refractivity (Wildman–Crippen MR) is 64.6 cm³/mol. The number of ether oxygens (including phenoxy) is 1. The van der Waals surface area contributed by atoms with E-state index >= 15 is 0 Å². The molecule has 2 aliphatic heterocycles. The molecule has 4 nitrogen and oxygen atoms in total. The van der Waals surface area contributed by atoms with Gasteiger partial charge < -0.3 is 15.0 Å². The van der Waals surface area contributed by atoms with Gasteiger partial charge in [-0.2, -0.15) is 0 Å². The van der Waals surface area contributed by atoms with E-state index in [0.717, 1.165) is 32.8 Å². The molecular formula is C13H22N2O2. The Hall–Kier alpha value is -0.610. The number of hydrogen-bond donors (Lipinski definition) is 1. The summed E-state index contributed by atoms with van der Waals surface area (Å²) in [6.45, 7) is 4.12. The first-order valence-electron chi connectivity index (χ1n) is 6.95. The molecule has 1 saturated carbocycles. The van der Waals surface area contributed by atoms with E-state index in [-0.39, 0.29) is 5.92 Å². The van der Waals surface area contributed by atoms with Crippen LogP contribution in [0.25, 0.3) is 0 Å². The Balaban J connectivity index is 1.72. The Labute approximate surface area is 103 Å². The van der Waals surface area contributed by atoms with Crippen molar-refractivity contribution in [2.45, 2.75) is 31.7 Å². The van der Waals surface area contributed by atoms with Gasteiger partial charge in [-0.3, -0.25) is 4.79 Å². The van der Waals surface area contributed by atoms with Gasteiger partial charge in [-0.05, 0) is 12.8 Å². The maximum absolute atomic E-state index is 12.4. The molecule has 1 aliphatic carbocycles. The minimum Gasteiger partial charge on any atom is -0.379 e. The van der Waals surface area contributed by atoms with Crippen LogP contribution in [-0.2, 0) is 9.53 Å². The van der Waals surface area contributed by atoms with E-state index in [1.165, 1.54) is 25.7 Å². The second kappa shape index (κ2) is 4.94. The summed E-state index contributed by atoms with van der Waals surface area (Å²) in [6.07, 6.45) is 4.99. The molecule has 17 heavy (non-hydrogen) atoms. The molecule has 3 fully saturated rings. The highest BCUT2D eigenvalue weighted by molar-refractivity contribution is 5.80. The molecule has 2 atom stereocenters. The number of carbonyl (C=O) groups excluding carboxylic acids is 1. The Morgan fingerprint density at radius 2 is 2.06 bits per heavy atom. The number of rotatable bonds is 1. The normalized spacial score (nSPS) is 34.7. The largest absolute Gasteiger partial charge is 0.379 e. The monoisotopic (exact) mass is 238 g/mol. The van der Waals surface area contributed by atoms with Crippen LogP contribution < -0.4 is 5.32 Å². The second-order valence-corrected chi connectivity index (χ2v) is 5.57. The highest BCUT2D eigenvalue weighted by Crippen LogP contribution is 2.31. The number of fused-ring (bicyclic) bond motifs is 1. The lowest BCUT2D eigenvalue weighted by Gasteiger charge is -2.40. The minimum atomic E-state index is 0.232. The van der Waals surface area contributed by atoms with Crippen molar-refractivity contribution in [1.29, 1.82) is 0 Å². The fraction of sp³-hybridized carbons (Fsp3) is 0.923. The summed E-state index contributed by atoms with van der Waals surface area (Å²) in [4.78, 5) is 14.6. The van der Waals surface area contributed by atoms with E-state index in [1.54, 1.807) is 0 Å². The van der Waals surface area contributed by atoms with Crippen LogP contribution in [0.15, 0.2) is 0 Å². The van der Waals surface area contributed by atoms with E-state index in [4.69, 9.17) is 4.74 Å². The Morgan fingerprint density at radius 3 is 2.82 bits per heavy atom. The molecule has 4 heteroatoms. The number of hydrogen-bond acceptors (Lipinski definition) is 3. The van der Waals surface area contributed by atoms with Crippen LogP contribution in [0.2, 0.25) is 0 Å². The average molecular weight is 238 g/mol. The molecule has 0 aromatic rings. The summed E-state index contributed by atoms with van der Waals surface area (Å²) in [5, 5.41) is 3.19. The highest BCUT2D eigenvalue weighted by Gasteiger charge is 2.38. The molecular weight excluding hydrogens is 216 g/mol. The first-order chi connectivity index (χ1) is 8.36. The predicted octanol–water partition coefficient (Wildman–Crippen LogP) is 0.623. The van der Waals surface area contributed by atoms with Crippen LogP contribution in [0, 0.1) is 11.8 Å². The Kier molecular flexibility index (Phi) is 3.34. The zero-order valence-corrected chi connectivity index (χ0v) is 10.4. The molecule has 3 rings (SSSR count). The second-order valence-electron chi connectivity index (χ2n) is 5.57. The summed E-state index contributed by atoms with van der Waals surface area (Å²) in [5.41, 5.74) is 0. The van der Waals surface area contributed by atoms with E-state index in [2.05, 4.69) is 10.2 Å². The molecule has 0 aromatic carbocycles. The summed E-state index contributed by atoms with van der Waals surface area (Å²) in [6, 6.07) is 0.458. The van der Waals surface area contributed by atoms with Gasteiger partial charge in [0.2, 0.25) is 5.91 Å². The highest BCUT2D eigenvalue weighted by atomic mass is 16.5. The van der Waals surface area contributed by atoms with E-state index in [1.807, 2.05) is 0 Å². The average Bonchev–Trinajstić information content (AvgIpc) is 2.48. The Bertz CT molecular complexity index is 291. The smallest absolute Gasteiger partial charge is 0.228 e. The topological polar surface area (TPSA) is 41.6 Å². The molecule has 0 radical (unpaired) electrons. The first-order valence-corrected chi connectivity index (χ1v) is 6.95. The summed E-state index contributed by atoms with van der Waals surface area (Å²) in [7, 11) is 0. The Morgan fingerprint density at radius 1 is 1.24 bits per heavy atom. The molecule has 2 saturated heterocycles. The van der Waals surface area contributed by atoms with E-state index < -0.39 is 0 Å². The summed E-state index contributed by atoms with van der Waals surface area (Å²) < 4.78 is 5.67. The molecule has 0 spiro atoms. The quantitative estimate of drug-likeness (QED) is 0.728. The van der Waals surface area contributed by atoms with Gasteiger partial charge in [0.15, 0.2) is 0 Å². The molecule has 0 aromatic heterocycles. The van der Waals surface area contributed by atoms with Gasteiger partial charge in [-0.1, -0.05) is 12.8 Å². The maximum Gasteiger partial charge on any atom is 0.228 e. The number of carbonyl (C=O) groups is 1. The van der Waals surface area contributed by atoms with Crippen LogP contribution in [0.3, 0.4) is 0 Å². The molecule has 96 valence electrons. The third-order valence-corrected chi connectivity index (χ3v) is 4.49. The number of nitrogens with zero attached hydrogens (tertiary/aromatic N) is 1. The van der Waals surface area contributed by atoms with Crippen LogP contribution in [0.1, 0.15) is 25.7 Å². The lowest BCUT2D eigenvalue weighted by molar-refractivity contribution is -0.140. The van der Waals surface area contributed by atoms with Gasteiger partial charge in [-0.25, -0.2) is 0 Å². The van der Waals surface area contributed by atoms with Gasteiger partial charge >= 0.3 is 0 Å². The van der Waals surface area contributed by atoms with Crippen molar-refractivity contribution in [3.8, 4) is 0 Å². The zero-order chi connectivity index (χ0) is 11.7. The zero-order valence-electron chi connectivity index (χ0n) is 10.4. The molecule has 2 heterocycles. The van der Waals surface area contributed by atoms with Crippen LogP contribution in [-0.4, -0.2) is 49.7 Å². The third kappa shape index (κ3) is 2.20. The van der Waals surface area contributed by atoms with Gasteiger partial charge in [-0.15, -0.1) is 0 Å². The van der Waals surface area contributed by atoms with E-state index in [9.17, 15) is 4.79 Å². The lowest BCUT2D eigenvalue weighted by Crippen LogP contribution is -2.56. The molecule has 1 amide bonds. The number of nitrogens with one attached hydrogen (secondary N) is 1. The van der Waals surface area contributed by atoms with Crippen molar-refractivity contribution >= 4 is 5.91 Å². The first kappa shape index (κ1) is 11.5. The van der Waals surface area contributed by atoms with Crippen molar-refractivity contribution in [1.82, 2.24) is 10.2 Å². The van der Waals surface area contributed by atoms with Crippen molar-refractivity contribution in [3.05, 3.63) is 0 Å². The van der Waals surface area contributed by atoms with Crippen molar-refractivity contribution < 1.29 is 9.53 Å². The minimum absolute atomic E-state index is 0.232. The van der Waals surface area contributed by atoms with E-state index in [0.29, 0.717) is 17.9 Å². The number of amides is 1. The van der Waals surface area contributed by atoms with Crippen LogP contribution in [0.5, 0.6) is 0 Å². The van der Waals surface area contributed by atoms with Crippen molar-refractivity contribution in [2.75, 3.05) is 32.8 Å². The SMILES string of the molecule is O=C(C1CNC1)N1CCOCC2CCCCC21.